The van der Waals surface area contributed by atoms with Gasteiger partial charge in [-0.1, -0.05) is 0 Å². The molecule has 1 amide bonds. The van der Waals surface area contributed by atoms with Gasteiger partial charge in [-0.3, -0.25) is 4.79 Å². The summed E-state index contributed by atoms with van der Waals surface area (Å²) >= 11 is 0. The molecule has 0 aliphatic carbocycles. The summed E-state index contributed by atoms with van der Waals surface area (Å²) in [6.45, 7) is 1.89. The number of aryl methyl sites for hydroxylation is 1. The topological polar surface area (TPSA) is 69.7 Å². The maximum atomic E-state index is 12.4. The molecule has 0 spiro atoms. The van der Waals surface area contributed by atoms with Crippen LogP contribution in [0.4, 0.5) is 5.82 Å². The highest BCUT2D eigenvalue weighted by Crippen LogP contribution is 2.34. The number of hydrogen-bond acceptors (Lipinski definition) is 5. The van der Waals surface area contributed by atoms with E-state index in [0.29, 0.717) is 28.6 Å². The second-order valence-corrected chi connectivity index (χ2v) is 5.70. The zero-order chi connectivity index (χ0) is 18.7. The van der Waals surface area contributed by atoms with E-state index in [1.165, 1.54) is 0 Å². The van der Waals surface area contributed by atoms with Crippen LogP contribution in [-0.2, 0) is 0 Å². The fraction of sp³-hybridized carbons (Fsp3) is 0.200. The van der Waals surface area contributed by atoms with Gasteiger partial charge in [0.2, 0.25) is 0 Å². The van der Waals surface area contributed by atoms with Crippen LogP contribution in [0.1, 0.15) is 16.1 Å². The van der Waals surface area contributed by atoms with Gasteiger partial charge in [-0.05, 0) is 54.8 Å². The van der Waals surface area contributed by atoms with Crippen LogP contribution >= 0.6 is 0 Å². The van der Waals surface area contributed by atoms with Crippen LogP contribution in [0.15, 0.2) is 42.5 Å². The minimum absolute atomic E-state index is 0.237. The lowest BCUT2D eigenvalue weighted by atomic mass is 10.1. The van der Waals surface area contributed by atoms with Crippen LogP contribution < -0.4 is 19.5 Å². The number of aromatic nitrogens is 1. The van der Waals surface area contributed by atoms with Gasteiger partial charge in [0.1, 0.15) is 11.6 Å². The Morgan fingerprint density at radius 1 is 0.923 bits per heavy atom. The van der Waals surface area contributed by atoms with Crippen molar-refractivity contribution < 1.29 is 19.0 Å². The molecule has 134 valence electrons. The van der Waals surface area contributed by atoms with Crippen LogP contribution in [0.25, 0.3) is 10.8 Å². The molecule has 1 heterocycles. The Balaban J connectivity index is 1.93. The molecule has 0 aliphatic rings. The summed E-state index contributed by atoms with van der Waals surface area (Å²) in [7, 11) is 4.76. The van der Waals surface area contributed by atoms with Crippen LogP contribution in [-0.4, -0.2) is 32.2 Å². The molecule has 0 bridgehead atoms. The number of nitrogens with zero attached hydrogens (tertiary/aromatic N) is 1. The summed E-state index contributed by atoms with van der Waals surface area (Å²) in [6, 6.07) is 12.4. The third kappa shape index (κ3) is 3.39. The Bertz CT molecular complexity index is 952. The van der Waals surface area contributed by atoms with Gasteiger partial charge in [-0.2, -0.15) is 0 Å². The Hall–Kier alpha value is -3.28. The van der Waals surface area contributed by atoms with Crippen LogP contribution in [0.3, 0.4) is 0 Å². The van der Waals surface area contributed by atoms with E-state index in [1.54, 1.807) is 45.6 Å². The first-order valence-electron chi connectivity index (χ1n) is 8.04. The van der Waals surface area contributed by atoms with Crippen molar-refractivity contribution in [1.29, 1.82) is 0 Å². The molecule has 0 radical (unpaired) electrons. The van der Waals surface area contributed by atoms with Gasteiger partial charge in [0.15, 0.2) is 11.5 Å². The highest BCUT2D eigenvalue weighted by Gasteiger charge is 2.12. The first kappa shape index (κ1) is 17.5. The lowest BCUT2D eigenvalue weighted by Crippen LogP contribution is -2.13. The van der Waals surface area contributed by atoms with Gasteiger partial charge in [0.05, 0.1) is 21.3 Å². The van der Waals surface area contributed by atoms with Crippen LogP contribution in [0.5, 0.6) is 17.2 Å². The van der Waals surface area contributed by atoms with E-state index in [0.717, 1.165) is 16.5 Å². The van der Waals surface area contributed by atoms with Gasteiger partial charge in [0, 0.05) is 16.6 Å². The molecule has 1 aromatic heterocycles. The smallest absolute Gasteiger partial charge is 0.256 e. The van der Waals surface area contributed by atoms with Gasteiger partial charge in [-0.15, -0.1) is 0 Å². The summed E-state index contributed by atoms with van der Waals surface area (Å²) in [4.78, 5) is 16.9. The van der Waals surface area contributed by atoms with Crippen molar-refractivity contribution in [3.63, 3.8) is 0 Å². The number of anilines is 1. The molecule has 6 heteroatoms. The molecule has 2 aromatic carbocycles. The molecular formula is C20H20N2O4. The largest absolute Gasteiger partial charge is 0.497 e. The summed E-state index contributed by atoms with van der Waals surface area (Å²) in [5, 5.41) is 4.67. The Morgan fingerprint density at radius 3 is 2.19 bits per heavy atom. The van der Waals surface area contributed by atoms with Gasteiger partial charge < -0.3 is 19.5 Å². The zero-order valence-corrected chi connectivity index (χ0v) is 15.1. The quantitative estimate of drug-likeness (QED) is 0.756. The van der Waals surface area contributed by atoms with Crippen molar-refractivity contribution in [3.8, 4) is 17.2 Å². The molecule has 26 heavy (non-hydrogen) atoms. The highest BCUT2D eigenvalue weighted by atomic mass is 16.5. The fourth-order valence-corrected chi connectivity index (χ4v) is 2.74. The summed E-state index contributed by atoms with van der Waals surface area (Å²) in [5.41, 5.74) is 1.31. The van der Waals surface area contributed by atoms with Crippen molar-refractivity contribution in [2.75, 3.05) is 26.6 Å². The first-order valence-corrected chi connectivity index (χ1v) is 8.04. The van der Waals surface area contributed by atoms with Crippen molar-refractivity contribution in [2.45, 2.75) is 6.92 Å². The van der Waals surface area contributed by atoms with E-state index in [2.05, 4.69) is 10.3 Å². The SMILES string of the molecule is COc1ccc(C(=O)Nc2cc3cc(OC)c(OC)cc3c(C)n2)cc1. The standard InChI is InChI=1S/C20H20N2O4/c1-12-16-11-18(26-4)17(25-3)9-14(16)10-19(21-12)22-20(23)13-5-7-15(24-2)8-6-13/h5-11H,1-4H3,(H,21,22,23). The van der Waals surface area contributed by atoms with E-state index in [9.17, 15) is 4.79 Å². The number of benzene rings is 2. The number of pyridine rings is 1. The second kappa shape index (κ2) is 7.31. The maximum Gasteiger partial charge on any atom is 0.256 e. The Labute approximate surface area is 151 Å². The lowest BCUT2D eigenvalue weighted by Gasteiger charge is -2.12. The summed E-state index contributed by atoms with van der Waals surface area (Å²) < 4.78 is 15.8. The predicted molar refractivity (Wildman–Crippen MR) is 101 cm³/mol. The number of ether oxygens (including phenoxy) is 3. The molecule has 6 nitrogen and oxygen atoms in total. The van der Waals surface area contributed by atoms with Crippen LogP contribution in [0.2, 0.25) is 0 Å². The zero-order valence-electron chi connectivity index (χ0n) is 15.1. The fourth-order valence-electron chi connectivity index (χ4n) is 2.74. The molecule has 1 N–H and O–H groups in total. The summed E-state index contributed by atoms with van der Waals surface area (Å²) in [5.74, 6) is 2.20. The lowest BCUT2D eigenvalue weighted by molar-refractivity contribution is 0.102. The van der Waals surface area contributed by atoms with E-state index in [4.69, 9.17) is 14.2 Å². The van der Waals surface area contributed by atoms with E-state index in [-0.39, 0.29) is 5.91 Å². The van der Waals surface area contributed by atoms with E-state index in [1.807, 2.05) is 25.1 Å². The van der Waals surface area contributed by atoms with Crippen molar-refractivity contribution in [2.24, 2.45) is 0 Å². The number of carbonyl (C=O) groups excluding carboxylic acids is 1. The third-order valence-electron chi connectivity index (χ3n) is 4.12. The average molecular weight is 352 g/mol. The average Bonchev–Trinajstić information content (AvgIpc) is 2.67. The minimum atomic E-state index is -0.237. The van der Waals surface area contributed by atoms with E-state index >= 15 is 0 Å². The molecule has 0 saturated heterocycles. The van der Waals surface area contributed by atoms with Gasteiger partial charge in [-0.25, -0.2) is 4.98 Å². The molecule has 0 fully saturated rings. The van der Waals surface area contributed by atoms with Gasteiger partial charge in [0.25, 0.3) is 5.91 Å². The normalized spacial score (nSPS) is 10.5. The molecule has 0 unspecified atom stereocenters. The number of carbonyl (C=O) groups is 1. The number of amides is 1. The molecule has 0 aliphatic heterocycles. The molecule has 3 aromatic rings. The number of fused-ring (bicyclic) bond motifs is 1. The predicted octanol–water partition coefficient (Wildman–Crippen LogP) is 3.82. The number of rotatable bonds is 5. The van der Waals surface area contributed by atoms with Crippen molar-refractivity contribution >= 4 is 22.5 Å². The molecular weight excluding hydrogens is 332 g/mol. The monoisotopic (exact) mass is 352 g/mol. The molecule has 3 rings (SSSR count). The maximum absolute atomic E-state index is 12.4. The van der Waals surface area contributed by atoms with Crippen LogP contribution in [0, 0.1) is 6.92 Å². The highest BCUT2D eigenvalue weighted by molar-refractivity contribution is 6.04. The third-order valence-corrected chi connectivity index (χ3v) is 4.12. The number of hydrogen-bond donors (Lipinski definition) is 1. The van der Waals surface area contributed by atoms with Gasteiger partial charge >= 0.3 is 0 Å². The first-order chi connectivity index (χ1) is 12.5. The Kier molecular flexibility index (Phi) is 4.93. The second-order valence-electron chi connectivity index (χ2n) is 5.70. The number of nitrogens with one attached hydrogen (secondary N) is 1. The minimum Gasteiger partial charge on any atom is -0.497 e. The molecule has 0 saturated carbocycles. The molecule has 0 atom stereocenters. The summed E-state index contributed by atoms with van der Waals surface area (Å²) in [6.07, 6.45) is 0. The Morgan fingerprint density at radius 2 is 1.58 bits per heavy atom. The number of methoxy groups -OCH3 is 3. The van der Waals surface area contributed by atoms with E-state index < -0.39 is 0 Å². The van der Waals surface area contributed by atoms with Crippen molar-refractivity contribution in [3.05, 3.63) is 53.7 Å². The van der Waals surface area contributed by atoms with Crippen molar-refractivity contribution in [1.82, 2.24) is 4.98 Å².